The molecule has 2 aliphatic rings. The third-order valence-corrected chi connectivity index (χ3v) is 4.85. The first kappa shape index (κ1) is 12.2. The largest absolute Gasteiger partial charge is 0.390 e. The first-order valence-electron chi connectivity index (χ1n) is 6.83. The molecule has 0 amide bonds. The van der Waals surface area contributed by atoms with Crippen LogP contribution in [0.5, 0.6) is 0 Å². The topological polar surface area (TPSA) is 20.2 Å². The Kier molecular flexibility index (Phi) is 3.18. The first-order valence-corrected chi connectivity index (χ1v) is 6.83. The zero-order valence-electron chi connectivity index (χ0n) is 11.2. The van der Waals surface area contributed by atoms with Gasteiger partial charge in [-0.05, 0) is 63.7 Å². The lowest BCUT2D eigenvalue weighted by atomic mass is 9.80. The van der Waals surface area contributed by atoms with Gasteiger partial charge in [-0.1, -0.05) is 25.0 Å². The van der Waals surface area contributed by atoms with E-state index in [1.165, 1.54) is 32.1 Å². The molecule has 0 aromatic carbocycles. The van der Waals surface area contributed by atoms with E-state index in [-0.39, 0.29) is 0 Å². The average Bonchev–Trinajstić information content (AvgIpc) is 2.42. The van der Waals surface area contributed by atoms with E-state index >= 15 is 0 Å². The second-order valence-corrected chi connectivity index (χ2v) is 6.52. The Labute approximate surface area is 99.9 Å². The van der Waals surface area contributed by atoms with E-state index in [9.17, 15) is 5.11 Å². The van der Waals surface area contributed by atoms with Gasteiger partial charge in [0.05, 0.1) is 5.60 Å². The summed E-state index contributed by atoms with van der Waals surface area (Å²) < 4.78 is 0. The Hall–Kier alpha value is -0.300. The Bertz CT molecular complexity index is 295. The van der Waals surface area contributed by atoms with Crippen LogP contribution in [0.25, 0.3) is 0 Å². The fourth-order valence-electron chi connectivity index (χ4n) is 3.65. The van der Waals surface area contributed by atoms with Crippen LogP contribution >= 0.6 is 0 Å². The van der Waals surface area contributed by atoms with Crippen LogP contribution in [0, 0.1) is 17.8 Å². The third kappa shape index (κ3) is 2.20. The van der Waals surface area contributed by atoms with E-state index in [4.69, 9.17) is 0 Å². The van der Waals surface area contributed by atoms with E-state index in [2.05, 4.69) is 13.8 Å². The second-order valence-electron chi connectivity index (χ2n) is 6.52. The molecule has 0 bridgehead atoms. The first-order chi connectivity index (χ1) is 7.39. The van der Waals surface area contributed by atoms with Crippen LogP contribution in [0.4, 0.5) is 0 Å². The maximum absolute atomic E-state index is 10.2. The molecule has 0 aromatic rings. The van der Waals surface area contributed by atoms with Crippen molar-refractivity contribution in [2.75, 3.05) is 0 Å². The molecule has 3 atom stereocenters. The zero-order valence-corrected chi connectivity index (χ0v) is 11.2. The van der Waals surface area contributed by atoms with E-state index in [0.717, 1.165) is 5.92 Å². The summed E-state index contributed by atoms with van der Waals surface area (Å²) in [6.45, 7) is 8.69. The number of hydrogen-bond donors (Lipinski definition) is 1. The van der Waals surface area contributed by atoms with Gasteiger partial charge in [-0.3, -0.25) is 0 Å². The van der Waals surface area contributed by atoms with Gasteiger partial charge in [0.25, 0.3) is 0 Å². The van der Waals surface area contributed by atoms with Crippen molar-refractivity contribution in [2.24, 2.45) is 17.8 Å². The zero-order chi connectivity index (χ0) is 11.9. The van der Waals surface area contributed by atoms with Crippen molar-refractivity contribution in [1.29, 1.82) is 0 Å². The monoisotopic (exact) mass is 222 g/mol. The van der Waals surface area contributed by atoms with E-state index in [1.807, 2.05) is 13.8 Å². The molecule has 0 saturated carbocycles. The van der Waals surface area contributed by atoms with Crippen LogP contribution in [0.3, 0.4) is 0 Å². The molecule has 92 valence electrons. The highest BCUT2D eigenvalue weighted by Gasteiger charge is 2.35. The summed E-state index contributed by atoms with van der Waals surface area (Å²) in [5.41, 5.74) is 2.97. The van der Waals surface area contributed by atoms with Gasteiger partial charge in [0.15, 0.2) is 0 Å². The molecular formula is C15H26O. The van der Waals surface area contributed by atoms with Gasteiger partial charge in [0.1, 0.15) is 0 Å². The number of allylic oxidation sites excluding steroid dienone is 2. The summed E-state index contributed by atoms with van der Waals surface area (Å²) >= 11 is 0. The molecule has 0 aromatic heterocycles. The molecule has 1 nitrogen and oxygen atoms in total. The molecule has 0 unspecified atom stereocenters. The predicted molar refractivity (Wildman–Crippen MR) is 68.2 cm³/mol. The average molecular weight is 222 g/mol. The van der Waals surface area contributed by atoms with Crippen molar-refractivity contribution in [3.05, 3.63) is 11.1 Å². The lowest BCUT2D eigenvalue weighted by Gasteiger charge is -2.30. The quantitative estimate of drug-likeness (QED) is 0.667. The van der Waals surface area contributed by atoms with Crippen LogP contribution in [0.2, 0.25) is 0 Å². The van der Waals surface area contributed by atoms with Crippen molar-refractivity contribution < 1.29 is 5.11 Å². The molecule has 2 rings (SSSR count). The Morgan fingerprint density at radius 1 is 1.00 bits per heavy atom. The van der Waals surface area contributed by atoms with Crippen molar-refractivity contribution in [3.8, 4) is 0 Å². The van der Waals surface area contributed by atoms with Gasteiger partial charge < -0.3 is 5.11 Å². The van der Waals surface area contributed by atoms with Crippen molar-refractivity contribution in [2.45, 2.75) is 65.4 Å². The van der Waals surface area contributed by atoms with Gasteiger partial charge in [-0.25, -0.2) is 0 Å². The number of aliphatic hydroxyl groups is 1. The minimum absolute atomic E-state index is 0.472. The van der Waals surface area contributed by atoms with Crippen LogP contribution in [-0.2, 0) is 0 Å². The van der Waals surface area contributed by atoms with E-state index < -0.39 is 5.60 Å². The molecule has 0 aliphatic heterocycles. The molecule has 16 heavy (non-hydrogen) atoms. The van der Waals surface area contributed by atoms with Crippen molar-refractivity contribution in [1.82, 2.24) is 0 Å². The van der Waals surface area contributed by atoms with Crippen LogP contribution in [0.1, 0.15) is 59.8 Å². The van der Waals surface area contributed by atoms with Gasteiger partial charge in [0, 0.05) is 0 Å². The predicted octanol–water partition coefficient (Wildman–Crippen LogP) is 3.92. The summed E-state index contributed by atoms with van der Waals surface area (Å²) in [5, 5.41) is 10.2. The van der Waals surface area contributed by atoms with Crippen LogP contribution in [-0.4, -0.2) is 10.7 Å². The normalized spacial score (nSPS) is 36.2. The fourth-order valence-corrected chi connectivity index (χ4v) is 3.65. The highest BCUT2D eigenvalue weighted by atomic mass is 16.3. The lowest BCUT2D eigenvalue weighted by molar-refractivity contribution is 0.00617. The third-order valence-electron chi connectivity index (χ3n) is 4.85. The summed E-state index contributed by atoms with van der Waals surface area (Å²) in [6, 6.07) is 0. The molecule has 0 fully saturated rings. The fraction of sp³-hybridized carbons (Fsp3) is 0.867. The molecule has 0 radical (unpaired) electrons. The van der Waals surface area contributed by atoms with Crippen molar-refractivity contribution in [3.63, 3.8) is 0 Å². The summed E-state index contributed by atoms with van der Waals surface area (Å²) in [6.07, 6.45) is 6.26. The molecule has 1 heteroatoms. The molecular weight excluding hydrogens is 196 g/mol. The van der Waals surface area contributed by atoms with E-state index in [0.29, 0.717) is 11.8 Å². The standard InChI is InChI=1S/C15H26O/c1-10-5-7-14-11(2)9-12(15(3,4)16)6-8-13(10)14/h10-12,16H,5-9H2,1-4H3/t10-,11-,12-/m0/s1. The number of rotatable bonds is 1. The summed E-state index contributed by atoms with van der Waals surface area (Å²) in [7, 11) is 0. The smallest absolute Gasteiger partial charge is 0.0620 e. The van der Waals surface area contributed by atoms with Gasteiger partial charge in [-0.15, -0.1) is 0 Å². The lowest BCUT2D eigenvalue weighted by Crippen LogP contribution is -2.31. The molecule has 0 saturated heterocycles. The molecule has 0 spiro atoms. The minimum Gasteiger partial charge on any atom is -0.390 e. The highest BCUT2D eigenvalue weighted by molar-refractivity contribution is 5.25. The Morgan fingerprint density at radius 2 is 1.56 bits per heavy atom. The summed E-state index contributed by atoms with van der Waals surface area (Å²) in [4.78, 5) is 0. The van der Waals surface area contributed by atoms with Gasteiger partial charge in [0.2, 0.25) is 0 Å². The maximum Gasteiger partial charge on any atom is 0.0620 e. The van der Waals surface area contributed by atoms with Gasteiger partial charge >= 0.3 is 0 Å². The Morgan fingerprint density at radius 3 is 2.19 bits per heavy atom. The molecule has 2 aliphatic carbocycles. The van der Waals surface area contributed by atoms with E-state index in [1.54, 1.807) is 11.1 Å². The molecule has 1 N–H and O–H groups in total. The van der Waals surface area contributed by atoms with Crippen LogP contribution < -0.4 is 0 Å². The highest BCUT2D eigenvalue weighted by Crippen LogP contribution is 2.45. The minimum atomic E-state index is -0.503. The maximum atomic E-state index is 10.2. The van der Waals surface area contributed by atoms with Gasteiger partial charge in [-0.2, -0.15) is 0 Å². The SMILES string of the molecule is C[C@H]1CCC2=C1CC[C@H](C(C)(C)O)C[C@@H]2C. The Balaban J connectivity index is 2.16. The van der Waals surface area contributed by atoms with Crippen LogP contribution in [0.15, 0.2) is 11.1 Å². The second kappa shape index (κ2) is 4.18. The van der Waals surface area contributed by atoms with Crippen molar-refractivity contribution >= 4 is 0 Å². The number of hydrogen-bond acceptors (Lipinski definition) is 1. The summed E-state index contributed by atoms with van der Waals surface area (Å²) in [5.74, 6) is 1.97. The molecule has 0 heterocycles.